The van der Waals surface area contributed by atoms with Crippen LogP contribution in [-0.2, 0) is 25.6 Å². The number of carbonyl (C=O) groups excluding carboxylic acids is 4. The zero-order valence-electron chi connectivity index (χ0n) is 15.8. The molecule has 0 aromatic heterocycles. The number of benzene rings is 1. The molecule has 1 aromatic rings. The molecule has 0 aliphatic carbocycles. The van der Waals surface area contributed by atoms with Crippen molar-refractivity contribution in [2.24, 2.45) is 5.92 Å². The summed E-state index contributed by atoms with van der Waals surface area (Å²) in [5.41, 5.74) is 0.469. The number of ketones is 2. The number of halogens is 3. The molecule has 0 fully saturated rings. The van der Waals surface area contributed by atoms with Crippen LogP contribution in [0.5, 0.6) is 0 Å². The molecule has 0 saturated carbocycles. The monoisotopic (exact) mass is 400 g/mol. The van der Waals surface area contributed by atoms with Crippen LogP contribution in [0.3, 0.4) is 0 Å². The third-order valence-corrected chi connectivity index (χ3v) is 3.80. The fourth-order valence-electron chi connectivity index (χ4n) is 2.58. The Balaban J connectivity index is 3.08. The lowest BCUT2D eigenvalue weighted by atomic mass is 9.98. The van der Waals surface area contributed by atoms with Gasteiger partial charge in [-0.15, -0.1) is 0 Å². The second-order valence-corrected chi connectivity index (χ2v) is 6.82. The quantitative estimate of drug-likeness (QED) is 0.620. The maximum Gasteiger partial charge on any atom is 0.458 e. The van der Waals surface area contributed by atoms with E-state index < -0.39 is 41.6 Å². The standard InChI is InChI=1S/C19H23F3N2O4/c1-11(2)9-15(23-12(3)25)18(28)24-14(10-13-7-5-4-6-8-13)16(26)17(27)19(20,21)22/h4-8,11,14-15H,9-10H2,1-3H3,(H,23,25)(H,24,28). The first-order chi connectivity index (χ1) is 12.9. The lowest BCUT2D eigenvalue weighted by Crippen LogP contribution is -2.54. The van der Waals surface area contributed by atoms with E-state index in [2.05, 4.69) is 10.6 Å². The van der Waals surface area contributed by atoms with Gasteiger partial charge in [0.15, 0.2) is 0 Å². The highest BCUT2D eigenvalue weighted by atomic mass is 19.4. The van der Waals surface area contributed by atoms with Gasteiger partial charge in [-0.1, -0.05) is 44.2 Å². The van der Waals surface area contributed by atoms with E-state index in [0.29, 0.717) is 5.56 Å². The highest BCUT2D eigenvalue weighted by Crippen LogP contribution is 2.18. The molecule has 0 radical (unpaired) electrons. The Hall–Kier alpha value is -2.71. The van der Waals surface area contributed by atoms with Crippen molar-refractivity contribution in [1.29, 1.82) is 0 Å². The van der Waals surface area contributed by atoms with E-state index in [1.165, 1.54) is 6.92 Å². The van der Waals surface area contributed by atoms with Crippen molar-refractivity contribution in [1.82, 2.24) is 10.6 Å². The molecule has 28 heavy (non-hydrogen) atoms. The predicted octanol–water partition coefficient (Wildman–Crippen LogP) is 1.97. The molecule has 154 valence electrons. The molecule has 2 amide bonds. The Morgan fingerprint density at radius 2 is 1.54 bits per heavy atom. The number of nitrogens with one attached hydrogen (secondary N) is 2. The molecular formula is C19H23F3N2O4. The van der Waals surface area contributed by atoms with E-state index in [0.717, 1.165) is 0 Å². The minimum absolute atomic E-state index is 0.0114. The highest BCUT2D eigenvalue weighted by molar-refractivity contribution is 6.41. The van der Waals surface area contributed by atoms with Gasteiger partial charge in [-0.3, -0.25) is 19.2 Å². The average molecular weight is 400 g/mol. The molecule has 1 rings (SSSR count). The summed E-state index contributed by atoms with van der Waals surface area (Å²) in [6, 6.07) is 5.28. The SMILES string of the molecule is CC(=O)NC(CC(C)C)C(=O)NC(Cc1ccccc1)C(=O)C(=O)C(F)(F)F. The van der Waals surface area contributed by atoms with Crippen molar-refractivity contribution < 1.29 is 32.3 Å². The van der Waals surface area contributed by atoms with Crippen LogP contribution >= 0.6 is 0 Å². The number of hydrogen-bond acceptors (Lipinski definition) is 4. The van der Waals surface area contributed by atoms with Crippen LogP contribution in [0, 0.1) is 5.92 Å². The largest absolute Gasteiger partial charge is 0.458 e. The first-order valence-corrected chi connectivity index (χ1v) is 8.68. The molecule has 0 aliphatic heterocycles. The zero-order valence-corrected chi connectivity index (χ0v) is 15.8. The summed E-state index contributed by atoms with van der Waals surface area (Å²) in [5.74, 6) is -5.63. The Bertz CT molecular complexity index is 718. The second-order valence-electron chi connectivity index (χ2n) is 6.82. The molecule has 0 bridgehead atoms. The van der Waals surface area contributed by atoms with Crippen molar-refractivity contribution in [2.75, 3.05) is 0 Å². The van der Waals surface area contributed by atoms with Gasteiger partial charge in [0.2, 0.25) is 17.6 Å². The molecule has 9 heteroatoms. The number of amides is 2. The first-order valence-electron chi connectivity index (χ1n) is 8.68. The van der Waals surface area contributed by atoms with Gasteiger partial charge in [0, 0.05) is 13.3 Å². The zero-order chi connectivity index (χ0) is 21.5. The normalized spacial score (nSPS) is 13.5. The van der Waals surface area contributed by atoms with E-state index in [9.17, 15) is 32.3 Å². The molecule has 0 aliphatic rings. The summed E-state index contributed by atoms with van der Waals surface area (Å²) in [7, 11) is 0. The minimum Gasteiger partial charge on any atom is -0.345 e. The smallest absolute Gasteiger partial charge is 0.345 e. The van der Waals surface area contributed by atoms with Crippen molar-refractivity contribution in [3.63, 3.8) is 0 Å². The number of alkyl halides is 3. The van der Waals surface area contributed by atoms with Gasteiger partial charge in [0.25, 0.3) is 0 Å². The summed E-state index contributed by atoms with van der Waals surface area (Å²) in [4.78, 5) is 47.4. The van der Waals surface area contributed by atoms with Crippen LogP contribution in [0.2, 0.25) is 0 Å². The third kappa shape index (κ3) is 7.50. The highest BCUT2D eigenvalue weighted by Gasteiger charge is 2.46. The maximum atomic E-state index is 12.7. The average Bonchev–Trinajstić information content (AvgIpc) is 2.58. The molecule has 0 saturated heterocycles. The Morgan fingerprint density at radius 3 is 2.00 bits per heavy atom. The number of hydrogen-bond donors (Lipinski definition) is 2. The Morgan fingerprint density at radius 1 is 0.964 bits per heavy atom. The van der Waals surface area contributed by atoms with Crippen molar-refractivity contribution in [3.05, 3.63) is 35.9 Å². The topological polar surface area (TPSA) is 92.3 Å². The van der Waals surface area contributed by atoms with Gasteiger partial charge in [0.05, 0.1) is 6.04 Å². The van der Waals surface area contributed by atoms with Crippen molar-refractivity contribution in [3.8, 4) is 0 Å². The molecule has 6 nitrogen and oxygen atoms in total. The molecule has 0 spiro atoms. The lowest BCUT2D eigenvalue weighted by Gasteiger charge is -2.23. The Labute approximate surface area is 160 Å². The summed E-state index contributed by atoms with van der Waals surface area (Å²) >= 11 is 0. The van der Waals surface area contributed by atoms with Crippen LogP contribution in [-0.4, -0.2) is 41.6 Å². The summed E-state index contributed by atoms with van der Waals surface area (Å²) in [5, 5.41) is 4.61. The van der Waals surface area contributed by atoms with Gasteiger partial charge in [0.1, 0.15) is 6.04 Å². The molecule has 1 aromatic carbocycles. The fraction of sp³-hybridized carbons (Fsp3) is 0.474. The predicted molar refractivity (Wildman–Crippen MR) is 95.2 cm³/mol. The molecule has 0 heterocycles. The second kappa shape index (κ2) is 10.0. The first kappa shape index (κ1) is 23.3. The maximum absolute atomic E-state index is 12.7. The van der Waals surface area contributed by atoms with Gasteiger partial charge in [-0.25, -0.2) is 0 Å². The third-order valence-electron chi connectivity index (χ3n) is 3.80. The Kier molecular flexibility index (Phi) is 8.34. The molecule has 2 N–H and O–H groups in total. The minimum atomic E-state index is -5.34. The van der Waals surface area contributed by atoms with Crippen LogP contribution in [0.4, 0.5) is 13.2 Å². The lowest BCUT2D eigenvalue weighted by molar-refractivity contribution is -0.175. The summed E-state index contributed by atoms with van der Waals surface area (Å²) in [6.07, 6.45) is -5.42. The van der Waals surface area contributed by atoms with Crippen molar-refractivity contribution in [2.45, 2.75) is 51.9 Å². The van der Waals surface area contributed by atoms with Crippen LogP contribution in [0.15, 0.2) is 30.3 Å². The molecule has 2 atom stereocenters. The van der Waals surface area contributed by atoms with E-state index in [1.54, 1.807) is 44.2 Å². The van der Waals surface area contributed by atoms with Gasteiger partial charge >= 0.3 is 12.0 Å². The molecular weight excluding hydrogens is 377 g/mol. The molecule has 2 unspecified atom stereocenters. The van der Waals surface area contributed by atoms with Crippen LogP contribution in [0.1, 0.15) is 32.8 Å². The van der Waals surface area contributed by atoms with Crippen LogP contribution < -0.4 is 10.6 Å². The van der Waals surface area contributed by atoms with E-state index in [-0.39, 0.29) is 18.8 Å². The number of rotatable bonds is 9. The van der Waals surface area contributed by atoms with E-state index in [4.69, 9.17) is 0 Å². The van der Waals surface area contributed by atoms with Gasteiger partial charge < -0.3 is 10.6 Å². The van der Waals surface area contributed by atoms with E-state index in [1.807, 2.05) is 0 Å². The van der Waals surface area contributed by atoms with Crippen LogP contribution in [0.25, 0.3) is 0 Å². The van der Waals surface area contributed by atoms with Gasteiger partial charge in [-0.2, -0.15) is 13.2 Å². The number of carbonyl (C=O) groups is 4. The summed E-state index contributed by atoms with van der Waals surface area (Å²) in [6.45, 7) is 4.78. The number of Topliss-reactive ketones (excluding diaryl/α,β-unsaturated/α-hetero) is 2. The summed E-state index contributed by atoms with van der Waals surface area (Å²) < 4.78 is 38.1. The van der Waals surface area contributed by atoms with Gasteiger partial charge in [-0.05, 0) is 17.9 Å². The van der Waals surface area contributed by atoms with Crippen molar-refractivity contribution >= 4 is 23.4 Å². The van der Waals surface area contributed by atoms with E-state index >= 15 is 0 Å². The fourth-order valence-corrected chi connectivity index (χ4v) is 2.58.